The van der Waals surface area contributed by atoms with E-state index in [1.807, 2.05) is 12.1 Å². The zero-order valence-electron chi connectivity index (χ0n) is 17.4. The van der Waals surface area contributed by atoms with E-state index in [4.69, 9.17) is 5.14 Å². The topological polar surface area (TPSA) is 87.8 Å². The van der Waals surface area contributed by atoms with E-state index in [1.165, 1.54) is 27.8 Å². The Labute approximate surface area is 178 Å². The van der Waals surface area contributed by atoms with E-state index in [2.05, 4.69) is 27.7 Å². The molecule has 0 fully saturated rings. The standard InChI is InChI=1S/C23H28N4O2S/c1-27-11-10-15-13-19(9-8-18(15)14-27)30(24,29)26-23(28)25-22-20-6-2-4-16(20)12-17-5-3-7-21(17)22/h8-9,12-13H,2-7,10-11,14H2,1H3,(H3,24,25,26,28,29)/t30-/m1/s1. The molecule has 0 radical (unpaired) electrons. The summed E-state index contributed by atoms with van der Waals surface area (Å²) in [7, 11) is -1.22. The van der Waals surface area contributed by atoms with Crippen molar-refractivity contribution in [3.63, 3.8) is 0 Å². The van der Waals surface area contributed by atoms with Crippen LogP contribution >= 0.6 is 0 Å². The fourth-order valence-electron chi connectivity index (χ4n) is 5.13. The minimum Gasteiger partial charge on any atom is -0.305 e. The maximum absolute atomic E-state index is 13.1. The molecular weight excluding hydrogens is 396 g/mol. The maximum Gasteiger partial charge on any atom is 0.354 e. The second-order valence-corrected chi connectivity index (χ2v) is 10.5. The summed E-state index contributed by atoms with van der Waals surface area (Å²) in [5.74, 6) is 0. The summed E-state index contributed by atoms with van der Waals surface area (Å²) in [6, 6.07) is 7.26. The van der Waals surface area contributed by atoms with E-state index in [0.29, 0.717) is 4.90 Å². The van der Waals surface area contributed by atoms with Gasteiger partial charge in [-0.05, 0) is 97.5 Å². The number of likely N-dealkylation sites (N-methyl/N-ethyl adjacent to an activating group) is 1. The molecule has 1 atom stereocenters. The molecule has 7 heteroatoms. The van der Waals surface area contributed by atoms with Crippen LogP contribution in [0.3, 0.4) is 0 Å². The molecule has 0 spiro atoms. The first kappa shape index (κ1) is 19.7. The molecular formula is C23H28N4O2S. The smallest absolute Gasteiger partial charge is 0.305 e. The normalized spacial score (nSPS) is 19.5. The van der Waals surface area contributed by atoms with E-state index >= 15 is 0 Å². The first-order chi connectivity index (χ1) is 14.4. The third kappa shape index (κ3) is 3.55. The molecule has 2 aromatic rings. The molecule has 6 nitrogen and oxygen atoms in total. The van der Waals surface area contributed by atoms with Gasteiger partial charge in [0.25, 0.3) is 0 Å². The number of hydrogen-bond donors (Lipinski definition) is 2. The Kier molecular flexibility index (Phi) is 4.92. The number of nitrogens with two attached hydrogens (primary N) is 1. The van der Waals surface area contributed by atoms with Crippen LogP contribution in [0.2, 0.25) is 0 Å². The first-order valence-electron chi connectivity index (χ1n) is 10.7. The van der Waals surface area contributed by atoms with Crippen LogP contribution in [0.1, 0.15) is 46.2 Å². The van der Waals surface area contributed by atoms with Gasteiger partial charge in [-0.3, -0.25) is 0 Å². The summed E-state index contributed by atoms with van der Waals surface area (Å²) in [4.78, 5) is 15.5. The molecule has 0 saturated heterocycles. The van der Waals surface area contributed by atoms with Crippen LogP contribution in [0.15, 0.2) is 33.5 Å². The molecule has 0 saturated carbocycles. The Morgan fingerprint density at radius 3 is 2.40 bits per heavy atom. The molecule has 2 aliphatic carbocycles. The minimum absolute atomic E-state index is 0.421. The lowest BCUT2D eigenvalue weighted by atomic mass is 9.99. The van der Waals surface area contributed by atoms with Crippen molar-refractivity contribution in [3.05, 3.63) is 57.6 Å². The monoisotopic (exact) mass is 424 g/mol. The van der Waals surface area contributed by atoms with E-state index in [-0.39, 0.29) is 0 Å². The number of anilines is 1. The third-order valence-corrected chi connectivity index (χ3v) is 8.01. The van der Waals surface area contributed by atoms with E-state index < -0.39 is 15.9 Å². The van der Waals surface area contributed by atoms with Gasteiger partial charge in [-0.25, -0.2) is 14.1 Å². The lowest BCUT2D eigenvalue weighted by Gasteiger charge is -2.25. The van der Waals surface area contributed by atoms with Crippen molar-refractivity contribution in [2.45, 2.75) is 56.4 Å². The van der Waals surface area contributed by atoms with Crippen LogP contribution in [0, 0.1) is 0 Å². The number of benzene rings is 2. The van der Waals surface area contributed by atoms with Crippen LogP contribution in [-0.4, -0.2) is 28.7 Å². The predicted octanol–water partition coefficient (Wildman–Crippen LogP) is 3.58. The quantitative estimate of drug-likeness (QED) is 0.772. The maximum atomic E-state index is 13.1. The van der Waals surface area contributed by atoms with Crippen molar-refractivity contribution in [1.82, 2.24) is 4.90 Å². The zero-order valence-corrected chi connectivity index (χ0v) is 18.2. The van der Waals surface area contributed by atoms with Crippen molar-refractivity contribution >= 4 is 21.6 Å². The lowest BCUT2D eigenvalue weighted by Crippen LogP contribution is -2.27. The van der Waals surface area contributed by atoms with Crippen LogP contribution in [-0.2, 0) is 48.6 Å². The SMILES string of the molecule is CN1CCc2cc([S@](N)(=O)=NC(=O)Nc3c4c(cc5c3CCC5)CCC4)ccc2C1. The zero-order chi connectivity index (χ0) is 20.9. The second-order valence-electron chi connectivity index (χ2n) is 8.74. The highest BCUT2D eigenvalue weighted by Crippen LogP contribution is 2.38. The highest BCUT2D eigenvalue weighted by atomic mass is 32.2. The average molecular weight is 425 g/mol. The molecule has 5 rings (SSSR count). The van der Waals surface area contributed by atoms with Crippen molar-refractivity contribution in [2.75, 3.05) is 18.9 Å². The Balaban J connectivity index is 1.45. The van der Waals surface area contributed by atoms with E-state index in [1.54, 1.807) is 6.07 Å². The largest absolute Gasteiger partial charge is 0.354 e. The Bertz CT molecular complexity index is 1130. The summed E-state index contributed by atoms with van der Waals surface area (Å²) < 4.78 is 17.1. The molecule has 2 aromatic carbocycles. The summed E-state index contributed by atoms with van der Waals surface area (Å²) in [6.07, 6.45) is 7.14. The number of amides is 2. The fourth-order valence-corrected chi connectivity index (χ4v) is 6.10. The van der Waals surface area contributed by atoms with Crippen molar-refractivity contribution < 1.29 is 9.00 Å². The van der Waals surface area contributed by atoms with Crippen molar-refractivity contribution in [3.8, 4) is 0 Å². The molecule has 2 amide bonds. The number of hydrogen-bond acceptors (Lipinski definition) is 3. The number of fused-ring (bicyclic) bond motifs is 3. The van der Waals surface area contributed by atoms with Crippen LogP contribution in [0.4, 0.5) is 10.5 Å². The van der Waals surface area contributed by atoms with Gasteiger partial charge < -0.3 is 10.2 Å². The third-order valence-electron chi connectivity index (χ3n) is 6.64. The second kappa shape index (κ2) is 7.48. The molecule has 1 aliphatic heterocycles. The van der Waals surface area contributed by atoms with Gasteiger partial charge in [0.05, 0.1) is 4.90 Å². The fraction of sp³-hybridized carbons (Fsp3) is 0.435. The summed E-state index contributed by atoms with van der Waals surface area (Å²) in [5.41, 5.74) is 8.36. The number of nitrogens with one attached hydrogen (secondary N) is 1. The Morgan fingerprint density at radius 1 is 1.00 bits per heavy atom. The van der Waals surface area contributed by atoms with Gasteiger partial charge in [-0.15, -0.1) is 4.36 Å². The Hall–Kier alpha value is -2.22. The van der Waals surface area contributed by atoms with Gasteiger partial charge in [0.2, 0.25) is 0 Å². The van der Waals surface area contributed by atoms with Gasteiger partial charge in [0.1, 0.15) is 9.92 Å². The number of nitrogens with zero attached hydrogens (tertiary/aromatic N) is 2. The van der Waals surface area contributed by atoms with Crippen LogP contribution in [0.5, 0.6) is 0 Å². The van der Waals surface area contributed by atoms with Crippen molar-refractivity contribution in [2.24, 2.45) is 9.50 Å². The molecule has 3 aliphatic rings. The molecule has 158 valence electrons. The van der Waals surface area contributed by atoms with E-state index in [9.17, 15) is 9.00 Å². The number of aryl methyl sites for hydroxylation is 2. The van der Waals surface area contributed by atoms with Crippen LogP contribution < -0.4 is 10.5 Å². The molecule has 0 bridgehead atoms. The Morgan fingerprint density at radius 2 is 1.70 bits per heavy atom. The summed E-state index contributed by atoms with van der Waals surface area (Å²) in [5, 5.41) is 9.03. The highest BCUT2D eigenvalue weighted by molar-refractivity contribution is 7.91. The predicted molar refractivity (Wildman–Crippen MR) is 119 cm³/mol. The highest BCUT2D eigenvalue weighted by Gasteiger charge is 2.25. The van der Waals surface area contributed by atoms with Gasteiger partial charge in [0.15, 0.2) is 0 Å². The number of rotatable bonds is 2. The lowest BCUT2D eigenvalue weighted by molar-refractivity contribution is 0.260. The van der Waals surface area contributed by atoms with Gasteiger partial charge in [-0.2, -0.15) is 0 Å². The molecule has 0 unspecified atom stereocenters. The minimum atomic E-state index is -3.31. The van der Waals surface area contributed by atoms with Gasteiger partial charge in [-0.1, -0.05) is 12.1 Å². The average Bonchev–Trinajstić information content (AvgIpc) is 3.36. The number of carbonyl (C=O) groups is 1. The molecule has 1 heterocycles. The molecule has 3 N–H and O–H groups in total. The molecule has 30 heavy (non-hydrogen) atoms. The van der Waals surface area contributed by atoms with Crippen LogP contribution in [0.25, 0.3) is 0 Å². The van der Waals surface area contributed by atoms with E-state index in [0.717, 1.165) is 69.3 Å². The van der Waals surface area contributed by atoms with Gasteiger partial charge in [0, 0.05) is 18.8 Å². The summed E-state index contributed by atoms with van der Waals surface area (Å²) in [6.45, 7) is 1.81. The number of carbonyl (C=O) groups excluding carboxylic acids is 1. The number of urea groups is 1. The molecule has 0 aromatic heterocycles. The van der Waals surface area contributed by atoms with Gasteiger partial charge >= 0.3 is 6.03 Å². The first-order valence-corrected chi connectivity index (χ1v) is 12.3. The van der Waals surface area contributed by atoms with Crippen molar-refractivity contribution in [1.29, 1.82) is 0 Å². The summed E-state index contributed by atoms with van der Waals surface area (Å²) >= 11 is 0.